The Hall–Kier alpha value is -1.88. The number of rotatable bonds is 28. The van der Waals surface area contributed by atoms with Crippen molar-refractivity contribution in [3.05, 3.63) is 29.8 Å². The lowest BCUT2D eigenvalue weighted by Crippen LogP contribution is -2.33. The van der Waals surface area contributed by atoms with Gasteiger partial charge in [-0.15, -0.1) is 0 Å². The third-order valence-electron chi connectivity index (χ3n) is 5.39. The van der Waals surface area contributed by atoms with Crippen molar-refractivity contribution in [3.8, 4) is 0 Å². The molecule has 0 spiro atoms. The van der Waals surface area contributed by atoms with E-state index in [4.69, 9.17) is 42.1 Å². The number of nitrogens with one attached hydrogen (secondary N) is 1. The largest absolute Gasteiger partial charge is 0.444 e. The molecule has 1 aromatic carbocycles. The van der Waals surface area contributed by atoms with Crippen LogP contribution in [-0.2, 0) is 52.2 Å². The van der Waals surface area contributed by atoms with Crippen LogP contribution < -0.4 is 5.32 Å². The van der Waals surface area contributed by atoms with Gasteiger partial charge in [0.05, 0.1) is 97.4 Å². The van der Waals surface area contributed by atoms with Crippen LogP contribution in [0.5, 0.6) is 0 Å². The summed E-state index contributed by atoms with van der Waals surface area (Å²) in [5, 5.41) is 2.72. The van der Waals surface area contributed by atoms with Crippen LogP contribution in [0.1, 0.15) is 39.2 Å². The van der Waals surface area contributed by atoms with Gasteiger partial charge in [-0.1, -0.05) is 17.7 Å². The second-order valence-electron chi connectivity index (χ2n) is 10.5. The Morgan fingerprint density at radius 2 is 1.00 bits per heavy atom. The molecule has 1 N–H and O–H groups in total. The third kappa shape index (κ3) is 24.4. The molecule has 0 aromatic heterocycles. The third-order valence-corrected chi connectivity index (χ3v) is 6.72. The Morgan fingerprint density at radius 1 is 0.614 bits per heavy atom. The smallest absolute Gasteiger partial charge is 0.407 e. The molecule has 0 heterocycles. The van der Waals surface area contributed by atoms with E-state index in [1.807, 2.05) is 27.7 Å². The number of ether oxygens (including phenoxy) is 8. The molecule has 0 saturated heterocycles. The molecular weight excluding hydrogens is 598 g/mol. The molecule has 0 radical (unpaired) electrons. The summed E-state index contributed by atoms with van der Waals surface area (Å²) in [6.45, 7) is 14.0. The number of unbranched alkanes of at least 4 members (excludes halogenated alkanes) is 1. The minimum Gasteiger partial charge on any atom is -0.444 e. The fraction of sp³-hybridized carbons (Fsp3) is 0.767. The lowest BCUT2D eigenvalue weighted by atomic mass is 10.2. The summed E-state index contributed by atoms with van der Waals surface area (Å²) in [4.78, 5) is 11.6. The van der Waals surface area contributed by atoms with Crippen molar-refractivity contribution in [1.82, 2.24) is 5.32 Å². The van der Waals surface area contributed by atoms with E-state index in [9.17, 15) is 13.2 Å². The normalized spacial score (nSPS) is 12.0. The van der Waals surface area contributed by atoms with Crippen LogP contribution in [-0.4, -0.2) is 126 Å². The molecule has 14 heteroatoms. The highest BCUT2D eigenvalue weighted by atomic mass is 32.2. The Labute approximate surface area is 263 Å². The van der Waals surface area contributed by atoms with E-state index in [-0.39, 0.29) is 18.1 Å². The van der Waals surface area contributed by atoms with Gasteiger partial charge in [0.2, 0.25) is 0 Å². The monoisotopic (exact) mass is 651 g/mol. The highest BCUT2D eigenvalue weighted by Crippen LogP contribution is 2.13. The number of amides is 1. The second kappa shape index (κ2) is 25.3. The molecular formula is C30H53NO12S. The fourth-order valence-corrected chi connectivity index (χ4v) is 4.12. The van der Waals surface area contributed by atoms with E-state index in [0.29, 0.717) is 92.4 Å². The van der Waals surface area contributed by atoms with Crippen molar-refractivity contribution in [2.24, 2.45) is 0 Å². The van der Waals surface area contributed by atoms with Crippen LogP contribution in [0.2, 0.25) is 0 Å². The van der Waals surface area contributed by atoms with Crippen LogP contribution in [0.4, 0.5) is 4.79 Å². The van der Waals surface area contributed by atoms with E-state index in [0.717, 1.165) is 18.4 Å². The highest BCUT2D eigenvalue weighted by Gasteiger charge is 2.15. The van der Waals surface area contributed by atoms with Gasteiger partial charge < -0.3 is 43.2 Å². The number of carbonyl (C=O) groups is 1. The molecule has 256 valence electrons. The molecule has 0 aliphatic carbocycles. The van der Waals surface area contributed by atoms with Crippen LogP contribution >= 0.6 is 0 Å². The van der Waals surface area contributed by atoms with E-state index >= 15 is 0 Å². The molecule has 0 unspecified atom stereocenters. The summed E-state index contributed by atoms with van der Waals surface area (Å²) in [6, 6.07) is 6.47. The van der Waals surface area contributed by atoms with Gasteiger partial charge in [0.15, 0.2) is 0 Å². The molecule has 0 fully saturated rings. The number of hydrogen-bond acceptors (Lipinski definition) is 12. The van der Waals surface area contributed by atoms with Gasteiger partial charge >= 0.3 is 6.09 Å². The van der Waals surface area contributed by atoms with Crippen molar-refractivity contribution >= 4 is 16.2 Å². The summed E-state index contributed by atoms with van der Waals surface area (Å²) in [6.07, 6.45) is 1.27. The van der Waals surface area contributed by atoms with Crippen LogP contribution in [0.3, 0.4) is 0 Å². The van der Waals surface area contributed by atoms with Gasteiger partial charge in [-0.25, -0.2) is 4.79 Å². The molecule has 1 amide bonds. The molecule has 1 aromatic rings. The first-order valence-electron chi connectivity index (χ1n) is 15.1. The van der Waals surface area contributed by atoms with E-state index in [1.54, 1.807) is 12.1 Å². The molecule has 0 bridgehead atoms. The summed E-state index contributed by atoms with van der Waals surface area (Å²) in [5.41, 5.74) is 0.486. The Bertz CT molecular complexity index is 938. The minimum absolute atomic E-state index is 0.0607. The molecule has 0 aliphatic rings. The first-order valence-corrected chi connectivity index (χ1v) is 16.5. The maximum Gasteiger partial charge on any atom is 0.407 e. The highest BCUT2D eigenvalue weighted by molar-refractivity contribution is 7.86. The van der Waals surface area contributed by atoms with E-state index in [2.05, 4.69) is 5.32 Å². The van der Waals surface area contributed by atoms with Crippen LogP contribution in [0, 0.1) is 6.92 Å². The van der Waals surface area contributed by atoms with Crippen LogP contribution in [0.15, 0.2) is 29.2 Å². The van der Waals surface area contributed by atoms with Crippen molar-refractivity contribution in [1.29, 1.82) is 0 Å². The number of carbonyl (C=O) groups excluding carboxylic acids is 1. The van der Waals surface area contributed by atoms with Crippen molar-refractivity contribution in [3.63, 3.8) is 0 Å². The quantitative estimate of drug-likeness (QED) is 0.105. The Morgan fingerprint density at radius 3 is 1.41 bits per heavy atom. The number of aryl methyl sites for hydroxylation is 1. The van der Waals surface area contributed by atoms with Gasteiger partial charge in [-0.3, -0.25) is 4.18 Å². The summed E-state index contributed by atoms with van der Waals surface area (Å²) in [5.74, 6) is 0. The summed E-state index contributed by atoms with van der Waals surface area (Å²) >= 11 is 0. The molecule has 0 aliphatic heterocycles. The molecule has 0 atom stereocenters. The van der Waals surface area contributed by atoms with Crippen molar-refractivity contribution in [2.75, 3.05) is 106 Å². The lowest BCUT2D eigenvalue weighted by Gasteiger charge is -2.19. The second-order valence-corrected chi connectivity index (χ2v) is 12.1. The summed E-state index contributed by atoms with van der Waals surface area (Å²) in [7, 11) is -3.77. The number of hydrogen-bond donors (Lipinski definition) is 1. The van der Waals surface area contributed by atoms with Gasteiger partial charge in [0, 0.05) is 13.2 Å². The summed E-state index contributed by atoms with van der Waals surface area (Å²) < 4.78 is 72.3. The van der Waals surface area contributed by atoms with Gasteiger partial charge in [-0.05, 0) is 52.7 Å². The van der Waals surface area contributed by atoms with Gasteiger partial charge in [-0.2, -0.15) is 8.42 Å². The van der Waals surface area contributed by atoms with Crippen molar-refractivity contribution < 1.29 is 55.3 Å². The maximum atomic E-state index is 12.1. The lowest BCUT2D eigenvalue weighted by molar-refractivity contribution is -0.0212. The maximum absolute atomic E-state index is 12.1. The van der Waals surface area contributed by atoms with Crippen LogP contribution in [0.25, 0.3) is 0 Å². The number of alkyl carbamates (subject to hydrolysis) is 1. The van der Waals surface area contributed by atoms with E-state index < -0.39 is 21.8 Å². The zero-order valence-electron chi connectivity index (χ0n) is 26.8. The molecule has 1 rings (SSSR count). The molecule has 0 saturated carbocycles. The van der Waals surface area contributed by atoms with Gasteiger partial charge in [0.1, 0.15) is 5.60 Å². The predicted octanol–water partition coefficient (Wildman–Crippen LogP) is 3.12. The standard InChI is InChI=1S/C30H53NO12S/c1-27-7-9-28(10-8-27)44(33,34)42-26-25-41-24-23-40-22-21-39-20-19-38-18-17-37-16-15-36-14-13-35-12-6-5-11-31-29(32)43-30(2,3)4/h7-10H,5-6,11-26H2,1-4H3,(H,31,32). The average Bonchev–Trinajstić information content (AvgIpc) is 2.96. The van der Waals surface area contributed by atoms with E-state index in [1.165, 1.54) is 12.1 Å². The first-order chi connectivity index (χ1) is 21.1. The number of benzene rings is 1. The average molecular weight is 652 g/mol. The van der Waals surface area contributed by atoms with Gasteiger partial charge in [0.25, 0.3) is 10.1 Å². The van der Waals surface area contributed by atoms with Crippen molar-refractivity contribution in [2.45, 2.75) is 51.0 Å². The Kier molecular flexibility index (Phi) is 23.1. The zero-order valence-corrected chi connectivity index (χ0v) is 27.7. The predicted molar refractivity (Wildman–Crippen MR) is 164 cm³/mol. The zero-order chi connectivity index (χ0) is 32.4. The Balaban J connectivity index is 1.73. The first kappa shape index (κ1) is 40.1. The molecule has 44 heavy (non-hydrogen) atoms. The fourth-order valence-electron chi connectivity index (χ4n) is 3.23. The molecule has 13 nitrogen and oxygen atoms in total. The SMILES string of the molecule is Cc1ccc(S(=O)(=O)OCCOCCOCCOCCOCCOCCOCCOCCCCNC(=O)OC(C)(C)C)cc1. The topological polar surface area (TPSA) is 146 Å². The minimum atomic E-state index is -3.77.